The molecule has 17 heavy (non-hydrogen) atoms. The van der Waals surface area contributed by atoms with Gasteiger partial charge in [-0.15, -0.1) is 0 Å². The first-order chi connectivity index (χ1) is 8.28. The van der Waals surface area contributed by atoms with Gasteiger partial charge in [0.2, 0.25) is 0 Å². The smallest absolute Gasteiger partial charge is 0.123 e. The van der Waals surface area contributed by atoms with Gasteiger partial charge in [-0.3, -0.25) is 0 Å². The van der Waals surface area contributed by atoms with E-state index in [1.54, 1.807) is 7.11 Å². The standard InChI is InChI=1S/C14H20FNO/c1-17-14-4-2-3-13(9-14)16-10-11-5-7-12(15)8-6-11/h5-8,13-14,16H,2-4,9-10H2,1H3. The molecule has 1 fully saturated rings. The summed E-state index contributed by atoms with van der Waals surface area (Å²) >= 11 is 0. The first-order valence-corrected chi connectivity index (χ1v) is 6.28. The molecule has 2 unspecified atom stereocenters. The summed E-state index contributed by atoms with van der Waals surface area (Å²) in [5, 5.41) is 3.52. The lowest BCUT2D eigenvalue weighted by atomic mass is 9.92. The number of halogens is 1. The summed E-state index contributed by atoms with van der Waals surface area (Å²) in [7, 11) is 1.78. The van der Waals surface area contributed by atoms with Crippen LogP contribution < -0.4 is 5.32 Å². The second-order valence-electron chi connectivity index (χ2n) is 4.73. The van der Waals surface area contributed by atoms with Crippen LogP contribution in [0.2, 0.25) is 0 Å². The van der Waals surface area contributed by atoms with E-state index in [1.807, 2.05) is 12.1 Å². The van der Waals surface area contributed by atoms with Crippen molar-refractivity contribution in [2.24, 2.45) is 0 Å². The van der Waals surface area contributed by atoms with Gasteiger partial charge in [-0.25, -0.2) is 4.39 Å². The fraction of sp³-hybridized carbons (Fsp3) is 0.571. The Hall–Kier alpha value is -0.930. The van der Waals surface area contributed by atoms with Gasteiger partial charge in [0.05, 0.1) is 6.10 Å². The summed E-state index contributed by atoms with van der Waals surface area (Å²) in [6.07, 6.45) is 5.08. The predicted molar refractivity (Wildman–Crippen MR) is 66.3 cm³/mol. The highest BCUT2D eigenvalue weighted by Crippen LogP contribution is 2.20. The maximum Gasteiger partial charge on any atom is 0.123 e. The summed E-state index contributed by atoms with van der Waals surface area (Å²) in [4.78, 5) is 0. The molecule has 1 aliphatic rings. The van der Waals surface area contributed by atoms with Crippen LogP contribution in [0.3, 0.4) is 0 Å². The molecular formula is C14H20FNO. The number of hydrogen-bond acceptors (Lipinski definition) is 2. The molecule has 0 saturated heterocycles. The average Bonchev–Trinajstić information content (AvgIpc) is 2.38. The monoisotopic (exact) mass is 237 g/mol. The van der Waals surface area contributed by atoms with Gasteiger partial charge < -0.3 is 10.1 Å². The Morgan fingerprint density at radius 2 is 2.06 bits per heavy atom. The quantitative estimate of drug-likeness (QED) is 0.869. The van der Waals surface area contributed by atoms with E-state index in [0.717, 1.165) is 18.5 Å². The third-order valence-corrected chi connectivity index (χ3v) is 3.47. The molecule has 0 radical (unpaired) electrons. The van der Waals surface area contributed by atoms with Crippen molar-refractivity contribution < 1.29 is 9.13 Å². The molecule has 2 atom stereocenters. The van der Waals surface area contributed by atoms with Crippen LogP contribution in [0.25, 0.3) is 0 Å². The summed E-state index contributed by atoms with van der Waals surface area (Å²) in [6, 6.07) is 7.21. The molecule has 1 aromatic rings. The normalized spacial score (nSPS) is 24.8. The first kappa shape index (κ1) is 12.5. The molecule has 2 rings (SSSR count). The molecule has 1 N–H and O–H groups in total. The fourth-order valence-corrected chi connectivity index (χ4v) is 2.41. The highest BCUT2D eigenvalue weighted by molar-refractivity contribution is 5.15. The van der Waals surface area contributed by atoms with Crippen molar-refractivity contribution in [2.75, 3.05) is 7.11 Å². The van der Waals surface area contributed by atoms with E-state index in [1.165, 1.54) is 31.4 Å². The number of nitrogens with one attached hydrogen (secondary N) is 1. The van der Waals surface area contributed by atoms with E-state index >= 15 is 0 Å². The van der Waals surface area contributed by atoms with Gasteiger partial charge >= 0.3 is 0 Å². The summed E-state index contributed by atoms with van der Waals surface area (Å²) in [5.74, 6) is -0.175. The molecule has 2 nitrogen and oxygen atoms in total. The van der Waals surface area contributed by atoms with E-state index in [9.17, 15) is 4.39 Å². The molecule has 0 spiro atoms. The Bertz CT molecular complexity index is 339. The zero-order valence-corrected chi connectivity index (χ0v) is 10.3. The van der Waals surface area contributed by atoms with Crippen LogP contribution in [-0.4, -0.2) is 19.3 Å². The van der Waals surface area contributed by atoms with Crippen molar-refractivity contribution in [3.63, 3.8) is 0 Å². The number of hydrogen-bond donors (Lipinski definition) is 1. The number of rotatable bonds is 4. The average molecular weight is 237 g/mol. The third-order valence-electron chi connectivity index (χ3n) is 3.47. The largest absolute Gasteiger partial charge is 0.381 e. The number of methoxy groups -OCH3 is 1. The first-order valence-electron chi connectivity index (χ1n) is 6.28. The van der Waals surface area contributed by atoms with Gasteiger partial charge in [0, 0.05) is 19.7 Å². The molecule has 0 aliphatic heterocycles. The van der Waals surface area contributed by atoms with Crippen LogP contribution in [0.1, 0.15) is 31.2 Å². The van der Waals surface area contributed by atoms with Crippen molar-refractivity contribution in [2.45, 2.75) is 44.4 Å². The minimum absolute atomic E-state index is 0.175. The molecule has 3 heteroatoms. The SMILES string of the molecule is COC1CCCC(NCc2ccc(F)cc2)C1. The minimum Gasteiger partial charge on any atom is -0.381 e. The molecule has 1 saturated carbocycles. The molecule has 0 heterocycles. The van der Waals surface area contributed by atoms with Crippen LogP contribution >= 0.6 is 0 Å². The van der Waals surface area contributed by atoms with E-state index in [-0.39, 0.29) is 5.82 Å². The zero-order chi connectivity index (χ0) is 12.1. The van der Waals surface area contributed by atoms with Crippen LogP contribution in [0.4, 0.5) is 4.39 Å². The third kappa shape index (κ3) is 3.79. The zero-order valence-electron chi connectivity index (χ0n) is 10.3. The Balaban J connectivity index is 1.79. The topological polar surface area (TPSA) is 21.3 Å². The maximum atomic E-state index is 12.7. The molecule has 0 amide bonds. The van der Waals surface area contributed by atoms with Crippen molar-refractivity contribution in [3.05, 3.63) is 35.6 Å². The molecule has 0 aromatic heterocycles. The lowest BCUT2D eigenvalue weighted by molar-refractivity contribution is 0.0586. The van der Waals surface area contributed by atoms with Crippen LogP contribution in [0.5, 0.6) is 0 Å². The van der Waals surface area contributed by atoms with Crippen molar-refractivity contribution >= 4 is 0 Å². The summed E-state index contributed by atoms with van der Waals surface area (Å²) < 4.78 is 18.1. The van der Waals surface area contributed by atoms with Crippen LogP contribution in [-0.2, 0) is 11.3 Å². The second-order valence-corrected chi connectivity index (χ2v) is 4.73. The number of ether oxygens (including phenoxy) is 1. The second kappa shape index (κ2) is 6.12. The Labute approximate surface area is 102 Å². The predicted octanol–water partition coefficient (Wildman–Crippen LogP) is 2.87. The van der Waals surface area contributed by atoms with Crippen LogP contribution in [0, 0.1) is 5.82 Å². The van der Waals surface area contributed by atoms with Gasteiger partial charge in [-0.2, -0.15) is 0 Å². The Morgan fingerprint density at radius 1 is 1.29 bits per heavy atom. The van der Waals surface area contributed by atoms with Gasteiger partial charge in [0.25, 0.3) is 0 Å². The molecule has 0 bridgehead atoms. The maximum absolute atomic E-state index is 12.7. The Morgan fingerprint density at radius 3 is 2.76 bits per heavy atom. The summed E-state index contributed by atoms with van der Waals surface area (Å²) in [6.45, 7) is 0.807. The van der Waals surface area contributed by atoms with Gasteiger partial charge in [0.15, 0.2) is 0 Å². The Kier molecular flexibility index (Phi) is 4.51. The van der Waals surface area contributed by atoms with Crippen LogP contribution in [0.15, 0.2) is 24.3 Å². The highest BCUT2D eigenvalue weighted by Gasteiger charge is 2.20. The van der Waals surface area contributed by atoms with Crippen molar-refractivity contribution in [1.29, 1.82) is 0 Å². The lowest BCUT2D eigenvalue weighted by Gasteiger charge is -2.29. The van der Waals surface area contributed by atoms with Gasteiger partial charge in [0.1, 0.15) is 5.82 Å². The van der Waals surface area contributed by atoms with E-state index in [2.05, 4.69) is 5.32 Å². The van der Waals surface area contributed by atoms with Gasteiger partial charge in [-0.05, 0) is 43.4 Å². The molecule has 94 valence electrons. The van der Waals surface area contributed by atoms with Crippen molar-refractivity contribution in [1.82, 2.24) is 5.32 Å². The van der Waals surface area contributed by atoms with E-state index in [0.29, 0.717) is 12.1 Å². The van der Waals surface area contributed by atoms with E-state index < -0.39 is 0 Å². The highest BCUT2D eigenvalue weighted by atomic mass is 19.1. The fourth-order valence-electron chi connectivity index (χ4n) is 2.41. The van der Waals surface area contributed by atoms with E-state index in [4.69, 9.17) is 4.74 Å². The minimum atomic E-state index is -0.175. The number of benzene rings is 1. The summed E-state index contributed by atoms with van der Waals surface area (Å²) in [5.41, 5.74) is 1.13. The molecule has 1 aliphatic carbocycles. The lowest BCUT2D eigenvalue weighted by Crippen LogP contribution is -2.36. The van der Waals surface area contributed by atoms with Gasteiger partial charge in [-0.1, -0.05) is 12.1 Å². The van der Waals surface area contributed by atoms with Crippen molar-refractivity contribution in [3.8, 4) is 0 Å². The molecular weight excluding hydrogens is 217 g/mol. The molecule has 1 aromatic carbocycles.